The van der Waals surface area contributed by atoms with Crippen LogP contribution in [0.5, 0.6) is 11.5 Å². The van der Waals surface area contributed by atoms with E-state index in [2.05, 4.69) is 5.32 Å². The summed E-state index contributed by atoms with van der Waals surface area (Å²) in [6, 6.07) is 14.1. The van der Waals surface area contributed by atoms with Crippen LogP contribution in [-0.2, 0) is 9.59 Å². The van der Waals surface area contributed by atoms with Gasteiger partial charge >= 0.3 is 0 Å². The lowest BCUT2D eigenvalue weighted by molar-refractivity contribution is -0.187. The molecule has 2 aromatic rings. The molecule has 31 heavy (non-hydrogen) atoms. The molecule has 6 nitrogen and oxygen atoms in total. The summed E-state index contributed by atoms with van der Waals surface area (Å²) in [7, 11) is 0. The number of hydrogen-bond donors (Lipinski definition) is 1. The Morgan fingerprint density at radius 2 is 1.58 bits per heavy atom. The number of carbonyl (C=O) groups is 2. The maximum atomic E-state index is 12.6. The molecule has 3 saturated carbocycles. The Kier molecular flexibility index (Phi) is 5.02. The summed E-state index contributed by atoms with van der Waals surface area (Å²) in [5.74, 6) is 1.28. The summed E-state index contributed by atoms with van der Waals surface area (Å²) in [5.41, 5.74) is -0.352. The number of amides is 2. The van der Waals surface area contributed by atoms with Crippen LogP contribution < -0.4 is 14.8 Å². The number of halogens is 2. The smallest absolute Gasteiger partial charge is 0.258 e. The maximum absolute atomic E-state index is 12.6. The van der Waals surface area contributed by atoms with Gasteiger partial charge in [-0.3, -0.25) is 9.59 Å². The molecule has 3 aliphatic carbocycles. The Morgan fingerprint density at radius 3 is 2.19 bits per heavy atom. The first-order valence-corrected chi connectivity index (χ1v) is 11.0. The molecule has 1 heterocycles. The molecular formula is C23H22Cl2N2O4. The van der Waals surface area contributed by atoms with Crippen molar-refractivity contribution in [2.45, 2.75) is 42.9 Å². The number of nitrogens with zero attached hydrogens (tertiary/aromatic N) is 1. The van der Waals surface area contributed by atoms with Gasteiger partial charge in [-0.15, -0.1) is 0 Å². The van der Waals surface area contributed by atoms with Crippen molar-refractivity contribution in [1.82, 2.24) is 10.2 Å². The van der Waals surface area contributed by atoms with E-state index in [-0.39, 0.29) is 35.6 Å². The molecule has 4 aliphatic rings. The van der Waals surface area contributed by atoms with Gasteiger partial charge in [0.25, 0.3) is 5.91 Å². The van der Waals surface area contributed by atoms with Crippen LogP contribution in [0.1, 0.15) is 25.7 Å². The largest absolute Gasteiger partial charge is 0.488 e. The normalized spacial score (nSPS) is 28.5. The first-order valence-electron chi connectivity index (χ1n) is 10.3. The summed E-state index contributed by atoms with van der Waals surface area (Å²) in [6.07, 6.45) is 2.56. The molecule has 2 bridgehead atoms. The highest BCUT2D eigenvalue weighted by Crippen LogP contribution is 2.64. The molecule has 2 amide bonds. The van der Waals surface area contributed by atoms with Gasteiger partial charge in [-0.25, -0.2) is 0 Å². The number of nitrogens with one attached hydrogen (secondary N) is 1. The number of hydrogen-bond acceptors (Lipinski definition) is 4. The third-order valence-electron chi connectivity index (χ3n) is 6.37. The second-order valence-corrected chi connectivity index (χ2v) is 9.60. The highest BCUT2D eigenvalue weighted by atomic mass is 35.5. The zero-order valence-corrected chi connectivity index (χ0v) is 18.3. The van der Waals surface area contributed by atoms with Gasteiger partial charge in [0, 0.05) is 21.1 Å². The minimum absolute atomic E-state index is 0.0456. The lowest BCUT2D eigenvalue weighted by Gasteiger charge is -2.73. The van der Waals surface area contributed by atoms with Gasteiger partial charge in [0.1, 0.15) is 17.6 Å². The predicted octanol–water partition coefficient (Wildman–Crippen LogP) is 3.84. The van der Waals surface area contributed by atoms with Crippen molar-refractivity contribution in [1.29, 1.82) is 0 Å². The summed E-state index contributed by atoms with van der Waals surface area (Å²) in [5, 5.41) is 4.36. The standard InChI is InChI=1S/C23H22Cl2N2O4/c24-15-1-5-17(6-2-15)30-11-20(28)26-22-12-23(13-22,14-22)27-10-19(9-21(27)29)31-18-7-3-16(25)4-8-18/h1-8,19H,9-14H2,(H,26,28)/t19-,22?,23?/m0/s1. The summed E-state index contributed by atoms with van der Waals surface area (Å²) < 4.78 is 11.5. The highest BCUT2D eigenvalue weighted by molar-refractivity contribution is 6.30. The molecule has 1 atom stereocenters. The van der Waals surface area contributed by atoms with E-state index in [1.54, 1.807) is 36.4 Å². The number of benzene rings is 2. The lowest BCUT2D eigenvalue weighted by Crippen LogP contribution is -2.84. The van der Waals surface area contributed by atoms with Crippen LogP contribution in [0.2, 0.25) is 10.0 Å². The van der Waals surface area contributed by atoms with Gasteiger partial charge in [-0.2, -0.15) is 0 Å². The first kappa shape index (κ1) is 20.5. The van der Waals surface area contributed by atoms with E-state index < -0.39 is 0 Å². The van der Waals surface area contributed by atoms with Crippen LogP contribution in [-0.4, -0.2) is 47.0 Å². The van der Waals surface area contributed by atoms with E-state index in [1.807, 2.05) is 17.0 Å². The maximum Gasteiger partial charge on any atom is 0.258 e. The van der Waals surface area contributed by atoms with Crippen molar-refractivity contribution >= 4 is 35.0 Å². The Balaban J connectivity index is 1.10. The SMILES string of the molecule is O=C(COc1ccc(Cl)cc1)NC12CC(N3C[C@@H](Oc4ccc(Cl)cc4)CC3=O)(C1)C2. The zero-order valence-electron chi connectivity index (χ0n) is 16.8. The number of carbonyl (C=O) groups excluding carboxylic acids is 2. The molecule has 0 spiro atoms. The molecule has 4 fully saturated rings. The van der Waals surface area contributed by atoms with Crippen LogP contribution >= 0.6 is 23.2 Å². The van der Waals surface area contributed by atoms with Gasteiger partial charge in [0.2, 0.25) is 5.91 Å². The van der Waals surface area contributed by atoms with Gasteiger partial charge in [-0.05, 0) is 67.8 Å². The van der Waals surface area contributed by atoms with Crippen molar-refractivity contribution in [2.75, 3.05) is 13.2 Å². The third kappa shape index (κ3) is 3.94. The number of ether oxygens (including phenoxy) is 2. The van der Waals surface area contributed by atoms with Crippen molar-refractivity contribution in [2.24, 2.45) is 0 Å². The summed E-state index contributed by atoms with van der Waals surface area (Å²) in [4.78, 5) is 26.9. The monoisotopic (exact) mass is 460 g/mol. The Hall–Kier alpha value is -2.44. The third-order valence-corrected chi connectivity index (χ3v) is 6.87. The molecule has 1 saturated heterocycles. The van der Waals surface area contributed by atoms with E-state index in [1.165, 1.54) is 0 Å². The van der Waals surface area contributed by atoms with Crippen LogP contribution in [0.15, 0.2) is 48.5 Å². The van der Waals surface area contributed by atoms with Crippen molar-refractivity contribution in [3.8, 4) is 11.5 Å². The summed E-state index contributed by atoms with van der Waals surface area (Å²) in [6.45, 7) is 0.529. The highest BCUT2D eigenvalue weighted by Gasteiger charge is 2.72. The fraction of sp³-hybridized carbons (Fsp3) is 0.391. The van der Waals surface area contributed by atoms with Crippen molar-refractivity contribution in [3.05, 3.63) is 58.6 Å². The van der Waals surface area contributed by atoms with E-state index in [0.717, 1.165) is 19.3 Å². The molecular weight excluding hydrogens is 439 g/mol. The van der Waals surface area contributed by atoms with Gasteiger partial charge in [0.05, 0.1) is 13.0 Å². The van der Waals surface area contributed by atoms with Gasteiger partial charge in [-0.1, -0.05) is 23.2 Å². The predicted molar refractivity (Wildman–Crippen MR) is 117 cm³/mol. The second kappa shape index (κ2) is 7.61. The van der Waals surface area contributed by atoms with Gasteiger partial charge < -0.3 is 19.7 Å². The topological polar surface area (TPSA) is 67.9 Å². The molecule has 6 rings (SSSR count). The van der Waals surface area contributed by atoms with Crippen molar-refractivity contribution in [3.63, 3.8) is 0 Å². The molecule has 162 valence electrons. The fourth-order valence-electron chi connectivity index (χ4n) is 5.08. The van der Waals surface area contributed by atoms with E-state index in [4.69, 9.17) is 32.7 Å². The van der Waals surface area contributed by atoms with Crippen LogP contribution in [0.4, 0.5) is 0 Å². The average molecular weight is 461 g/mol. The van der Waals surface area contributed by atoms with Crippen molar-refractivity contribution < 1.29 is 19.1 Å². The first-order chi connectivity index (χ1) is 14.8. The molecule has 0 aromatic heterocycles. The second-order valence-electron chi connectivity index (χ2n) is 8.73. The lowest BCUT2D eigenvalue weighted by atomic mass is 9.43. The van der Waals surface area contributed by atoms with Crippen LogP contribution in [0.25, 0.3) is 0 Å². The molecule has 1 aliphatic heterocycles. The van der Waals surface area contributed by atoms with E-state index >= 15 is 0 Å². The van der Waals surface area contributed by atoms with Crippen LogP contribution in [0, 0.1) is 0 Å². The number of rotatable bonds is 7. The quantitative estimate of drug-likeness (QED) is 0.681. The average Bonchev–Trinajstić information content (AvgIpc) is 3.05. The summed E-state index contributed by atoms with van der Waals surface area (Å²) >= 11 is 11.8. The van der Waals surface area contributed by atoms with Gasteiger partial charge in [0.15, 0.2) is 6.61 Å². The zero-order chi connectivity index (χ0) is 21.6. The van der Waals surface area contributed by atoms with Crippen LogP contribution in [0.3, 0.4) is 0 Å². The number of likely N-dealkylation sites (tertiary alicyclic amines) is 1. The molecule has 2 aromatic carbocycles. The Labute approximate surface area is 190 Å². The fourth-order valence-corrected chi connectivity index (χ4v) is 5.33. The van der Waals surface area contributed by atoms with E-state index in [9.17, 15) is 9.59 Å². The minimum Gasteiger partial charge on any atom is -0.488 e. The van der Waals surface area contributed by atoms with E-state index in [0.29, 0.717) is 34.5 Å². The Morgan fingerprint density at radius 1 is 1.00 bits per heavy atom. The molecule has 8 heteroatoms. The molecule has 0 unspecified atom stereocenters. The molecule has 0 radical (unpaired) electrons. The Bertz CT molecular complexity index is 989. The minimum atomic E-state index is -0.212. The molecule has 1 N–H and O–H groups in total.